The Morgan fingerprint density at radius 1 is 0.618 bits per heavy atom. The second-order valence-electron chi connectivity index (χ2n) is 17.0. The summed E-state index contributed by atoms with van der Waals surface area (Å²) >= 11 is 0. The molecule has 22 nitrogen and oxygen atoms in total. The zero-order valence-electron chi connectivity index (χ0n) is 37.9. The number of hydrogen-bond acceptors (Lipinski definition) is 15. The van der Waals surface area contributed by atoms with Gasteiger partial charge in [-0.3, -0.25) is 78.0 Å². The van der Waals surface area contributed by atoms with Crippen LogP contribution in [0.25, 0.3) is 0 Å². The fourth-order valence-electron chi connectivity index (χ4n) is 7.53. The first-order chi connectivity index (χ1) is 32.3. The summed E-state index contributed by atoms with van der Waals surface area (Å²) in [6, 6.07) is 7.17. The van der Waals surface area contributed by atoms with E-state index in [1.165, 1.54) is 12.1 Å². The average molecular weight is 947 g/mol. The maximum Gasteiger partial charge on any atom is 0.308 e. The molecule has 0 aliphatic carbocycles. The summed E-state index contributed by atoms with van der Waals surface area (Å²) in [5.74, 6) is -6.10. The number of carboxylic acid groups (broad SMARTS) is 1. The number of unbranched alkanes of at least 4 members (excludes halogenated alkanes) is 2. The quantitative estimate of drug-likeness (QED) is 0.0717. The van der Waals surface area contributed by atoms with E-state index in [1.807, 2.05) is 0 Å². The van der Waals surface area contributed by atoms with Crippen LogP contribution >= 0.6 is 0 Å². The van der Waals surface area contributed by atoms with Crippen LogP contribution in [0, 0.1) is 0 Å². The second kappa shape index (κ2) is 23.3. The van der Waals surface area contributed by atoms with Crippen LogP contribution in [-0.2, 0) is 43.1 Å². The molecule has 6 rings (SSSR count). The number of fused-ring (bicyclic) bond motifs is 2. The molecule has 2 fully saturated rings. The lowest BCUT2D eigenvalue weighted by Gasteiger charge is -2.27. The molecule has 22 heteroatoms. The van der Waals surface area contributed by atoms with Crippen LogP contribution in [0.5, 0.6) is 11.5 Å². The number of carbonyl (C=O) groups is 12. The van der Waals surface area contributed by atoms with Crippen molar-refractivity contribution in [3.63, 3.8) is 0 Å². The first kappa shape index (κ1) is 51.5. The van der Waals surface area contributed by atoms with Gasteiger partial charge in [0.25, 0.3) is 23.6 Å². The number of rotatable bonds is 20. The first-order valence-electron chi connectivity index (χ1n) is 22.2. The van der Waals surface area contributed by atoms with Gasteiger partial charge in [0, 0.05) is 38.8 Å². The van der Waals surface area contributed by atoms with Crippen molar-refractivity contribution in [1.29, 1.82) is 0 Å². The van der Waals surface area contributed by atoms with Gasteiger partial charge in [0.05, 0.1) is 48.3 Å². The number of aliphatic carboxylic acids is 1. The summed E-state index contributed by atoms with van der Waals surface area (Å²) in [5, 5.41) is 18.0. The van der Waals surface area contributed by atoms with Crippen LogP contribution in [0.1, 0.15) is 139 Å². The Morgan fingerprint density at radius 2 is 1.04 bits per heavy atom. The SMILES string of the molecule is CC(C)(C)OC(=O)CCNC(=O)CCCCOc1cccc2c1C(=O)N(C1CCC(=O)NC1=O)C2=O.O=C(O)CCNC(=O)CCCCOc1cccc2c1C(=O)N(C1CCC(=O)NC1=O)C2=O. The maximum absolute atomic E-state index is 13.0. The lowest BCUT2D eigenvalue weighted by molar-refractivity contribution is -0.154. The number of carbonyl (C=O) groups excluding carboxylic acids is 11. The van der Waals surface area contributed by atoms with Crippen molar-refractivity contribution in [3.05, 3.63) is 58.7 Å². The Bertz CT molecular complexity index is 2370. The van der Waals surface area contributed by atoms with E-state index in [0.717, 1.165) is 9.80 Å². The Balaban J connectivity index is 0.000000256. The van der Waals surface area contributed by atoms with Crippen molar-refractivity contribution < 1.29 is 76.9 Å². The Labute approximate surface area is 390 Å². The fourth-order valence-corrected chi connectivity index (χ4v) is 7.53. The van der Waals surface area contributed by atoms with Crippen LogP contribution in [0.15, 0.2) is 36.4 Å². The van der Waals surface area contributed by atoms with Gasteiger partial charge in [0.2, 0.25) is 35.4 Å². The molecule has 2 saturated heterocycles. The minimum absolute atomic E-state index is 0.0387. The van der Waals surface area contributed by atoms with E-state index < -0.39 is 70.9 Å². The molecule has 0 spiro atoms. The lowest BCUT2D eigenvalue weighted by Crippen LogP contribution is -2.54. The first-order valence-corrected chi connectivity index (χ1v) is 22.2. The number of piperidine rings is 2. The van der Waals surface area contributed by atoms with E-state index in [2.05, 4.69) is 21.3 Å². The van der Waals surface area contributed by atoms with Gasteiger partial charge in [-0.1, -0.05) is 12.1 Å². The normalized spacial score (nSPS) is 17.6. The van der Waals surface area contributed by atoms with Crippen LogP contribution in [0.3, 0.4) is 0 Å². The van der Waals surface area contributed by atoms with Gasteiger partial charge >= 0.3 is 11.9 Å². The maximum atomic E-state index is 13.0. The third kappa shape index (κ3) is 13.5. The standard InChI is InChI=1S/C25H31N3O8.C21H23N3O8/c1-25(2,3)36-20(31)12-13-26-18(29)9-4-5-14-35-17-8-6-7-15-21(17)24(34)28(23(15)33)16-10-11-19(30)27-22(16)32;25-15(22-10-9-17(27)28)6-1-2-11-32-14-5-3-4-12-18(14)21(31)24(20(12)30)13-7-8-16(26)23-19(13)29/h6-8,16H,4-5,9-14H2,1-3H3,(H,26,29)(H,27,30,32);3-5,13H,1-2,6-11H2,(H,22,25)(H,27,28)(H,23,26,29). The summed E-state index contributed by atoms with van der Waals surface area (Å²) in [6.45, 7) is 5.99. The molecule has 0 bridgehead atoms. The molecule has 10 amide bonds. The zero-order valence-corrected chi connectivity index (χ0v) is 37.9. The second-order valence-corrected chi connectivity index (χ2v) is 17.0. The number of ether oxygens (including phenoxy) is 3. The number of esters is 1. The molecule has 5 N–H and O–H groups in total. The van der Waals surface area contributed by atoms with Crippen molar-refractivity contribution >= 4 is 71.0 Å². The van der Waals surface area contributed by atoms with Crippen molar-refractivity contribution in [3.8, 4) is 11.5 Å². The molecule has 68 heavy (non-hydrogen) atoms. The van der Waals surface area contributed by atoms with Gasteiger partial charge < -0.3 is 30.0 Å². The van der Waals surface area contributed by atoms with Gasteiger partial charge in [-0.2, -0.15) is 0 Å². The average Bonchev–Trinajstić information content (AvgIpc) is 3.67. The highest BCUT2D eigenvalue weighted by Gasteiger charge is 2.47. The molecule has 2 atom stereocenters. The minimum atomic E-state index is -1.05. The number of imide groups is 4. The minimum Gasteiger partial charge on any atom is -0.493 e. The third-order valence-electron chi connectivity index (χ3n) is 10.7. The van der Waals surface area contributed by atoms with Gasteiger partial charge in [-0.25, -0.2) is 0 Å². The van der Waals surface area contributed by atoms with E-state index in [1.54, 1.807) is 45.0 Å². The number of carboxylic acids is 1. The Morgan fingerprint density at radius 3 is 1.44 bits per heavy atom. The van der Waals surface area contributed by atoms with Crippen LogP contribution in [0.4, 0.5) is 0 Å². The highest BCUT2D eigenvalue weighted by Crippen LogP contribution is 2.35. The Kier molecular flexibility index (Phi) is 17.6. The molecular weight excluding hydrogens is 893 g/mol. The van der Waals surface area contributed by atoms with Gasteiger partial charge in [0.1, 0.15) is 29.2 Å². The van der Waals surface area contributed by atoms with Crippen molar-refractivity contribution in [1.82, 2.24) is 31.1 Å². The predicted molar refractivity (Wildman–Crippen MR) is 234 cm³/mol. The van der Waals surface area contributed by atoms with E-state index in [-0.39, 0.29) is 129 Å². The van der Waals surface area contributed by atoms with E-state index >= 15 is 0 Å². The van der Waals surface area contributed by atoms with E-state index in [9.17, 15) is 57.5 Å². The number of nitrogens with one attached hydrogen (secondary N) is 4. The lowest BCUT2D eigenvalue weighted by atomic mass is 10.0. The van der Waals surface area contributed by atoms with Crippen molar-refractivity contribution in [2.24, 2.45) is 0 Å². The molecule has 2 aromatic rings. The predicted octanol–water partition coefficient (Wildman–Crippen LogP) is 1.71. The van der Waals surface area contributed by atoms with E-state index in [0.29, 0.717) is 25.7 Å². The molecular formula is C46H54N6O16. The molecule has 364 valence electrons. The smallest absolute Gasteiger partial charge is 0.308 e. The molecule has 0 aromatic heterocycles. The number of nitrogens with zero attached hydrogens (tertiary/aromatic N) is 2. The van der Waals surface area contributed by atoms with Crippen LogP contribution in [0.2, 0.25) is 0 Å². The highest BCUT2D eigenvalue weighted by atomic mass is 16.6. The van der Waals surface area contributed by atoms with Crippen LogP contribution < -0.4 is 30.7 Å². The monoisotopic (exact) mass is 946 g/mol. The number of hydrogen-bond donors (Lipinski definition) is 5. The molecule has 2 unspecified atom stereocenters. The number of amides is 10. The topological polar surface area (TPSA) is 307 Å². The summed E-state index contributed by atoms with van der Waals surface area (Å²) in [6.07, 6.45) is 2.64. The molecule has 2 aromatic carbocycles. The molecule has 4 heterocycles. The van der Waals surface area contributed by atoms with E-state index in [4.69, 9.17) is 19.3 Å². The van der Waals surface area contributed by atoms with Gasteiger partial charge in [-0.15, -0.1) is 0 Å². The largest absolute Gasteiger partial charge is 0.493 e. The summed E-state index contributed by atoms with van der Waals surface area (Å²) in [4.78, 5) is 146. The van der Waals surface area contributed by atoms with Crippen LogP contribution in [-0.4, -0.2) is 130 Å². The third-order valence-corrected chi connectivity index (χ3v) is 10.7. The van der Waals surface area contributed by atoms with Crippen molar-refractivity contribution in [2.75, 3.05) is 26.3 Å². The zero-order chi connectivity index (χ0) is 49.7. The van der Waals surface area contributed by atoms with Gasteiger partial charge in [-0.05, 0) is 83.6 Å². The molecule has 4 aliphatic heterocycles. The van der Waals surface area contributed by atoms with Crippen molar-refractivity contribution in [2.45, 2.75) is 116 Å². The molecule has 4 aliphatic rings. The molecule has 0 radical (unpaired) electrons. The Hall–Kier alpha value is -7.52. The van der Waals surface area contributed by atoms with Gasteiger partial charge in [0.15, 0.2) is 0 Å². The number of benzene rings is 2. The summed E-state index contributed by atoms with van der Waals surface area (Å²) in [7, 11) is 0. The summed E-state index contributed by atoms with van der Waals surface area (Å²) in [5.41, 5.74) is -0.122. The molecule has 0 saturated carbocycles. The highest BCUT2D eigenvalue weighted by molar-refractivity contribution is 6.25. The summed E-state index contributed by atoms with van der Waals surface area (Å²) < 4.78 is 16.6. The fraction of sp³-hybridized carbons (Fsp3) is 0.478.